The van der Waals surface area contributed by atoms with Crippen LogP contribution in [-0.4, -0.2) is 10.9 Å². The number of hydrogen-bond donors (Lipinski definition) is 1. The summed E-state index contributed by atoms with van der Waals surface area (Å²) in [5.74, 6) is 0.373. The Kier molecular flexibility index (Phi) is 4.15. The highest BCUT2D eigenvalue weighted by atomic mass is 16.3. The summed E-state index contributed by atoms with van der Waals surface area (Å²) < 4.78 is 5.63. The lowest BCUT2D eigenvalue weighted by molar-refractivity contribution is -0.115. The van der Waals surface area contributed by atoms with Crippen molar-refractivity contribution >= 4 is 22.6 Å². The summed E-state index contributed by atoms with van der Waals surface area (Å²) in [7, 11) is 0. The zero-order valence-electron chi connectivity index (χ0n) is 13.6. The van der Waals surface area contributed by atoms with Crippen LogP contribution in [-0.2, 0) is 11.2 Å². The van der Waals surface area contributed by atoms with Crippen LogP contribution in [0.1, 0.15) is 36.5 Å². The van der Waals surface area contributed by atoms with Crippen LogP contribution >= 0.6 is 0 Å². The molecule has 0 saturated heterocycles. The molecule has 0 aliphatic rings. The second-order valence-corrected chi connectivity index (χ2v) is 6.08. The lowest BCUT2D eigenvalue weighted by atomic mass is 9.95. The molecule has 4 nitrogen and oxygen atoms in total. The van der Waals surface area contributed by atoms with Crippen molar-refractivity contribution in [2.75, 3.05) is 5.32 Å². The van der Waals surface area contributed by atoms with E-state index in [4.69, 9.17) is 4.42 Å². The van der Waals surface area contributed by atoms with Gasteiger partial charge in [-0.05, 0) is 48.2 Å². The molecule has 23 heavy (non-hydrogen) atoms. The first kappa shape index (κ1) is 15.3. The molecule has 0 saturated carbocycles. The van der Waals surface area contributed by atoms with Crippen LogP contribution in [0.5, 0.6) is 0 Å². The number of benzene rings is 1. The molecule has 1 amide bonds. The van der Waals surface area contributed by atoms with Crippen LogP contribution in [0.15, 0.2) is 47.3 Å². The van der Waals surface area contributed by atoms with Crippen LogP contribution in [0, 0.1) is 6.92 Å². The normalized spacial score (nSPS) is 11.1. The van der Waals surface area contributed by atoms with Gasteiger partial charge in [0.1, 0.15) is 5.58 Å². The van der Waals surface area contributed by atoms with Crippen molar-refractivity contribution in [3.63, 3.8) is 0 Å². The highest BCUT2D eigenvalue weighted by Gasteiger charge is 2.14. The van der Waals surface area contributed by atoms with E-state index in [1.54, 1.807) is 30.8 Å². The number of pyridine rings is 1. The smallest absolute Gasteiger partial charge is 0.228 e. The SMILES string of the molecule is Cc1cc2occ(CC(=O)Nc3ccncc3)c2cc1C(C)C. The summed E-state index contributed by atoms with van der Waals surface area (Å²) in [6.07, 6.45) is 5.28. The van der Waals surface area contributed by atoms with E-state index in [-0.39, 0.29) is 12.3 Å². The van der Waals surface area contributed by atoms with E-state index >= 15 is 0 Å². The van der Waals surface area contributed by atoms with Crippen molar-refractivity contribution < 1.29 is 9.21 Å². The Balaban J connectivity index is 1.85. The first-order valence-electron chi connectivity index (χ1n) is 7.75. The Labute approximate surface area is 135 Å². The molecule has 118 valence electrons. The van der Waals surface area contributed by atoms with Crippen molar-refractivity contribution in [3.8, 4) is 0 Å². The Morgan fingerprint density at radius 2 is 2.00 bits per heavy atom. The van der Waals surface area contributed by atoms with E-state index in [1.807, 2.05) is 0 Å². The lowest BCUT2D eigenvalue weighted by Crippen LogP contribution is -2.14. The molecule has 0 fully saturated rings. The standard InChI is InChI=1S/C19H20N2O2/c1-12(2)16-10-17-14(11-23-18(17)8-13(16)3)9-19(22)21-15-4-6-20-7-5-15/h4-8,10-12H,9H2,1-3H3,(H,20,21,22). The zero-order chi connectivity index (χ0) is 16.4. The maximum atomic E-state index is 12.2. The molecule has 0 aliphatic carbocycles. The summed E-state index contributed by atoms with van der Waals surface area (Å²) in [5.41, 5.74) is 4.99. The molecule has 2 heterocycles. The largest absolute Gasteiger partial charge is 0.464 e. The van der Waals surface area contributed by atoms with Gasteiger partial charge in [-0.25, -0.2) is 0 Å². The summed E-state index contributed by atoms with van der Waals surface area (Å²) in [4.78, 5) is 16.2. The molecule has 1 aromatic carbocycles. The number of nitrogens with one attached hydrogen (secondary N) is 1. The molecule has 0 radical (unpaired) electrons. The van der Waals surface area contributed by atoms with Gasteiger partial charge >= 0.3 is 0 Å². The topological polar surface area (TPSA) is 55.1 Å². The fraction of sp³-hybridized carbons (Fsp3) is 0.263. The van der Waals surface area contributed by atoms with Gasteiger partial charge in [0.05, 0.1) is 12.7 Å². The fourth-order valence-electron chi connectivity index (χ4n) is 2.82. The van der Waals surface area contributed by atoms with Crippen LogP contribution in [0.4, 0.5) is 5.69 Å². The van der Waals surface area contributed by atoms with Crippen LogP contribution in [0.25, 0.3) is 11.0 Å². The van der Waals surface area contributed by atoms with E-state index < -0.39 is 0 Å². The van der Waals surface area contributed by atoms with E-state index in [1.165, 1.54) is 11.1 Å². The van der Waals surface area contributed by atoms with Crippen molar-refractivity contribution in [1.82, 2.24) is 4.98 Å². The maximum Gasteiger partial charge on any atom is 0.228 e. The minimum absolute atomic E-state index is 0.0643. The third kappa shape index (κ3) is 3.26. The molecule has 0 bridgehead atoms. The number of hydrogen-bond acceptors (Lipinski definition) is 3. The molecule has 3 rings (SSSR count). The molecule has 0 atom stereocenters. The number of anilines is 1. The van der Waals surface area contributed by atoms with Crippen LogP contribution < -0.4 is 5.32 Å². The molecule has 0 spiro atoms. The lowest BCUT2D eigenvalue weighted by Gasteiger charge is -2.10. The molecule has 2 aromatic heterocycles. The van der Waals surface area contributed by atoms with E-state index in [9.17, 15) is 4.79 Å². The minimum atomic E-state index is -0.0643. The highest BCUT2D eigenvalue weighted by molar-refractivity contribution is 5.95. The number of carbonyl (C=O) groups is 1. The van der Waals surface area contributed by atoms with Crippen molar-refractivity contribution in [2.45, 2.75) is 33.1 Å². The third-order valence-corrected chi connectivity index (χ3v) is 3.98. The summed E-state index contributed by atoms with van der Waals surface area (Å²) in [6, 6.07) is 7.74. The first-order chi connectivity index (χ1) is 11.0. The van der Waals surface area contributed by atoms with Crippen molar-refractivity contribution in [2.24, 2.45) is 0 Å². The number of nitrogens with zero attached hydrogens (tertiary/aromatic N) is 1. The van der Waals surface area contributed by atoms with E-state index in [0.717, 1.165) is 22.2 Å². The molecule has 0 aliphatic heterocycles. The summed E-state index contributed by atoms with van der Waals surface area (Å²) >= 11 is 0. The van der Waals surface area contributed by atoms with Gasteiger partial charge in [-0.3, -0.25) is 9.78 Å². The second-order valence-electron chi connectivity index (χ2n) is 6.08. The predicted molar refractivity (Wildman–Crippen MR) is 91.6 cm³/mol. The molecular formula is C19H20N2O2. The highest BCUT2D eigenvalue weighted by Crippen LogP contribution is 2.29. The van der Waals surface area contributed by atoms with Crippen LogP contribution in [0.2, 0.25) is 0 Å². The van der Waals surface area contributed by atoms with Gasteiger partial charge in [0.15, 0.2) is 0 Å². The van der Waals surface area contributed by atoms with Gasteiger partial charge in [0.2, 0.25) is 5.91 Å². The number of carbonyl (C=O) groups excluding carboxylic acids is 1. The number of rotatable bonds is 4. The molecule has 0 unspecified atom stereocenters. The van der Waals surface area contributed by atoms with Crippen LogP contribution in [0.3, 0.4) is 0 Å². The Bertz CT molecular complexity index is 835. The van der Waals surface area contributed by atoms with Gasteiger partial charge in [0, 0.05) is 29.0 Å². The number of furan rings is 1. The first-order valence-corrected chi connectivity index (χ1v) is 7.75. The molecule has 1 N–H and O–H groups in total. The van der Waals surface area contributed by atoms with Gasteiger partial charge in [-0.15, -0.1) is 0 Å². The van der Waals surface area contributed by atoms with Crippen molar-refractivity contribution in [1.29, 1.82) is 0 Å². The Morgan fingerprint density at radius 3 is 2.70 bits per heavy atom. The molecular weight excluding hydrogens is 288 g/mol. The number of amides is 1. The maximum absolute atomic E-state index is 12.2. The number of aryl methyl sites for hydroxylation is 1. The van der Waals surface area contributed by atoms with Crippen molar-refractivity contribution in [3.05, 3.63) is 59.6 Å². The average molecular weight is 308 g/mol. The van der Waals surface area contributed by atoms with Gasteiger partial charge < -0.3 is 9.73 Å². The quantitative estimate of drug-likeness (QED) is 0.775. The number of aromatic nitrogens is 1. The third-order valence-electron chi connectivity index (χ3n) is 3.98. The Morgan fingerprint density at radius 1 is 1.26 bits per heavy atom. The molecule has 3 aromatic rings. The van der Waals surface area contributed by atoms with Gasteiger partial charge in [0.25, 0.3) is 0 Å². The zero-order valence-corrected chi connectivity index (χ0v) is 13.6. The summed E-state index contributed by atoms with van der Waals surface area (Å²) in [6.45, 7) is 6.43. The second kappa shape index (κ2) is 6.24. The monoisotopic (exact) mass is 308 g/mol. The van der Waals surface area contributed by atoms with Gasteiger partial charge in [-0.2, -0.15) is 0 Å². The van der Waals surface area contributed by atoms with E-state index in [0.29, 0.717) is 5.92 Å². The predicted octanol–water partition coefficient (Wildman–Crippen LogP) is 4.44. The summed E-state index contributed by atoms with van der Waals surface area (Å²) in [5, 5.41) is 3.89. The average Bonchev–Trinajstić information content (AvgIpc) is 2.89. The number of fused-ring (bicyclic) bond motifs is 1. The molecule has 4 heteroatoms. The van der Waals surface area contributed by atoms with E-state index in [2.05, 4.69) is 43.2 Å². The Hall–Kier alpha value is -2.62. The minimum Gasteiger partial charge on any atom is -0.464 e. The fourth-order valence-corrected chi connectivity index (χ4v) is 2.82. The van der Waals surface area contributed by atoms with Gasteiger partial charge in [-0.1, -0.05) is 13.8 Å².